The average Bonchev–Trinajstić information content (AvgIpc) is 3.36. The Balaban J connectivity index is 1.42. The fraction of sp³-hybridized carbons (Fsp3) is 0.304. The van der Waals surface area contributed by atoms with Crippen molar-refractivity contribution in [3.05, 3.63) is 71.7 Å². The number of ether oxygens (including phenoxy) is 1. The molecule has 0 radical (unpaired) electrons. The van der Waals surface area contributed by atoms with Crippen LogP contribution < -0.4 is 4.74 Å². The molecule has 0 spiro atoms. The maximum Gasteiger partial charge on any atom is 0.255 e. The molecule has 5 rings (SSSR count). The Morgan fingerprint density at radius 2 is 1.87 bits per heavy atom. The molecule has 0 N–H and O–H groups in total. The van der Waals surface area contributed by atoms with Crippen molar-refractivity contribution < 1.29 is 18.3 Å². The van der Waals surface area contributed by atoms with Gasteiger partial charge in [-0.15, -0.1) is 0 Å². The molecule has 1 saturated heterocycles. The maximum absolute atomic E-state index is 14.7. The van der Waals surface area contributed by atoms with E-state index in [-0.39, 0.29) is 35.0 Å². The first-order valence-electron chi connectivity index (χ1n) is 10.2. The molecular formula is C23H20F2N4O2. The summed E-state index contributed by atoms with van der Waals surface area (Å²) >= 11 is 0. The second-order valence-corrected chi connectivity index (χ2v) is 8.08. The molecule has 1 aromatic carbocycles. The number of carbonyl (C=O) groups is 1. The van der Waals surface area contributed by atoms with Gasteiger partial charge >= 0.3 is 0 Å². The number of pyridine rings is 1. The van der Waals surface area contributed by atoms with Crippen LogP contribution in [0.2, 0.25) is 0 Å². The van der Waals surface area contributed by atoms with Crippen LogP contribution in [0.15, 0.2) is 48.9 Å². The molecule has 6 nitrogen and oxygen atoms in total. The molecule has 2 bridgehead atoms. The smallest absolute Gasteiger partial charge is 0.255 e. The fourth-order valence-electron chi connectivity index (χ4n) is 4.53. The molecule has 3 heterocycles. The first-order valence-corrected chi connectivity index (χ1v) is 10.2. The molecule has 2 aliphatic rings. The highest BCUT2D eigenvalue weighted by atomic mass is 19.1. The molecule has 3 aromatic rings. The zero-order chi connectivity index (χ0) is 21.5. The SMILES string of the molecule is Cc1ccc(OC2CC3CC2N(C(=O)c2cccc(F)c2-c2ncc(F)cn2)C3)nc1. The van der Waals surface area contributed by atoms with Crippen molar-refractivity contribution in [3.8, 4) is 17.3 Å². The first-order chi connectivity index (χ1) is 15.0. The van der Waals surface area contributed by atoms with Gasteiger partial charge in [-0.3, -0.25) is 4.79 Å². The molecule has 2 aromatic heterocycles. The summed E-state index contributed by atoms with van der Waals surface area (Å²) in [5.74, 6) is -0.734. The summed E-state index contributed by atoms with van der Waals surface area (Å²) in [6, 6.07) is 7.91. The quantitative estimate of drug-likeness (QED) is 0.640. The van der Waals surface area contributed by atoms with E-state index in [0.717, 1.165) is 30.8 Å². The number of aryl methyl sites for hydroxylation is 1. The standard InChI is InChI=1S/C23H20F2N4O2/c1-13-5-6-20(26-9-13)31-19-8-14-7-18(19)29(12-14)23(30)16-3-2-4-17(25)21(16)22-27-10-15(24)11-28-22/h2-6,9-11,14,18-19H,7-8,12H2,1H3. The van der Waals surface area contributed by atoms with E-state index in [1.54, 1.807) is 17.2 Å². The molecule has 1 amide bonds. The van der Waals surface area contributed by atoms with Crippen molar-refractivity contribution in [3.63, 3.8) is 0 Å². The van der Waals surface area contributed by atoms with Crippen molar-refractivity contribution in [1.82, 2.24) is 19.9 Å². The molecule has 8 heteroatoms. The van der Waals surface area contributed by atoms with Gasteiger partial charge in [-0.1, -0.05) is 12.1 Å². The minimum Gasteiger partial charge on any atom is -0.472 e. The number of hydrogen-bond acceptors (Lipinski definition) is 5. The van der Waals surface area contributed by atoms with Gasteiger partial charge in [-0.25, -0.2) is 23.7 Å². The lowest BCUT2D eigenvalue weighted by atomic mass is 10.0. The zero-order valence-corrected chi connectivity index (χ0v) is 16.8. The van der Waals surface area contributed by atoms with E-state index < -0.39 is 11.6 Å². The van der Waals surface area contributed by atoms with Crippen molar-refractivity contribution in [2.45, 2.75) is 31.9 Å². The lowest BCUT2D eigenvalue weighted by Crippen LogP contribution is -2.47. The highest BCUT2D eigenvalue weighted by molar-refractivity contribution is 6.00. The third kappa shape index (κ3) is 3.62. The van der Waals surface area contributed by atoms with Crippen molar-refractivity contribution in [2.75, 3.05) is 6.54 Å². The zero-order valence-electron chi connectivity index (χ0n) is 16.8. The first kappa shape index (κ1) is 19.5. The van der Waals surface area contributed by atoms with E-state index >= 15 is 0 Å². The van der Waals surface area contributed by atoms with Crippen molar-refractivity contribution >= 4 is 5.91 Å². The summed E-state index contributed by atoms with van der Waals surface area (Å²) in [4.78, 5) is 27.2. The number of rotatable bonds is 4. The highest BCUT2D eigenvalue weighted by Crippen LogP contribution is 2.41. The van der Waals surface area contributed by atoms with E-state index in [4.69, 9.17) is 4.74 Å². The van der Waals surface area contributed by atoms with E-state index in [9.17, 15) is 13.6 Å². The lowest BCUT2D eigenvalue weighted by molar-refractivity contribution is 0.0467. The third-order valence-corrected chi connectivity index (χ3v) is 5.93. The Morgan fingerprint density at radius 1 is 1.06 bits per heavy atom. The van der Waals surface area contributed by atoms with Crippen LogP contribution >= 0.6 is 0 Å². The number of fused-ring (bicyclic) bond motifs is 2. The molecule has 2 fully saturated rings. The van der Waals surface area contributed by atoms with Gasteiger partial charge in [-0.05, 0) is 43.4 Å². The molecule has 1 saturated carbocycles. The number of hydrogen-bond donors (Lipinski definition) is 0. The van der Waals surface area contributed by atoms with Crippen LogP contribution in [-0.4, -0.2) is 44.4 Å². The summed E-state index contributed by atoms with van der Waals surface area (Å²) in [6.45, 7) is 2.54. The van der Waals surface area contributed by atoms with Gasteiger partial charge in [0.1, 0.15) is 11.9 Å². The van der Waals surface area contributed by atoms with Crippen LogP contribution in [0, 0.1) is 24.5 Å². The van der Waals surface area contributed by atoms with Crippen LogP contribution in [0.5, 0.6) is 5.88 Å². The monoisotopic (exact) mass is 422 g/mol. The summed E-state index contributed by atoms with van der Waals surface area (Å²) in [7, 11) is 0. The summed E-state index contributed by atoms with van der Waals surface area (Å²) in [5, 5.41) is 0. The molecular weight excluding hydrogens is 402 g/mol. The van der Waals surface area contributed by atoms with E-state index in [0.29, 0.717) is 18.3 Å². The number of nitrogens with zero attached hydrogens (tertiary/aromatic N) is 4. The van der Waals surface area contributed by atoms with Crippen LogP contribution in [0.3, 0.4) is 0 Å². The average molecular weight is 422 g/mol. The Kier molecular flexibility index (Phi) is 4.84. The Morgan fingerprint density at radius 3 is 2.58 bits per heavy atom. The summed E-state index contributed by atoms with van der Waals surface area (Å²) in [5.41, 5.74) is 1.18. The van der Waals surface area contributed by atoms with Crippen LogP contribution in [0.4, 0.5) is 8.78 Å². The number of aromatic nitrogens is 3. The molecule has 1 aliphatic carbocycles. The number of carbonyl (C=O) groups excluding carboxylic acids is 1. The van der Waals surface area contributed by atoms with Gasteiger partial charge in [0, 0.05) is 18.8 Å². The van der Waals surface area contributed by atoms with E-state index in [2.05, 4.69) is 15.0 Å². The topological polar surface area (TPSA) is 68.2 Å². The molecule has 3 unspecified atom stereocenters. The van der Waals surface area contributed by atoms with Gasteiger partial charge in [-0.2, -0.15) is 0 Å². The van der Waals surface area contributed by atoms with E-state index in [1.165, 1.54) is 12.1 Å². The van der Waals surface area contributed by atoms with Crippen LogP contribution in [-0.2, 0) is 0 Å². The molecule has 1 aliphatic heterocycles. The van der Waals surface area contributed by atoms with Gasteiger partial charge in [0.2, 0.25) is 5.88 Å². The fourth-order valence-corrected chi connectivity index (χ4v) is 4.53. The second kappa shape index (κ2) is 7.68. The largest absolute Gasteiger partial charge is 0.472 e. The molecule has 158 valence electrons. The maximum atomic E-state index is 14.7. The summed E-state index contributed by atoms with van der Waals surface area (Å²) < 4.78 is 34.0. The van der Waals surface area contributed by atoms with Gasteiger partial charge in [0.15, 0.2) is 11.6 Å². The highest BCUT2D eigenvalue weighted by Gasteiger charge is 2.48. The minimum atomic E-state index is -0.630. The van der Waals surface area contributed by atoms with Gasteiger partial charge in [0.05, 0.1) is 29.6 Å². The number of benzene rings is 1. The second-order valence-electron chi connectivity index (χ2n) is 8.08. The lowest BCUT2D eigenvalue weighted by Gasteiger charge is -2.33. The number of piperidine rings is 1. The Labute approximate surface area is 177 Å². The van der Waals surface area contributed by atoms with E-state index in [1.807, 2.05) is 19.1 Å². The third-order valence-electron chi connectivity index (χ3n) is 5.93. The summed E-state index contributed by atoms with van der Waals surface area (Å²) in [6.07, 6.45) is 5.17. The predicted molar refractivity (Wildman–Crippen MR) is 108 cm³/mol. The minimum absolute atomic E-state index is 0.0204. The van der Waals surface area contributed by atoms with Crippen LogP contribution in [0.1, 0.15) is 28.8 Å². The number of likely N-dealkylation sites (tertiary alicyclic amines) is 1. The Bertz CT molecular complexity index is 1120. The molecule has 31 heavy (non-hydrogen) atoms. The van der Waals surface area contributed by atoms with Gasteiger partial charge in [0.25, 0.3) is 5.91 Å². The van der Waals surface area contributed by atoms with Crippen molar-refractivity contribution in [1.29, 1.82) is 0 Å². The molecule has 3 atom stereocenters. The normalized spacial score (nSPS) is 22.0. The number of halogens is 2. The van der Waals surface area contributed by atoms with Gasteiger partial charge < -0.3 is 9.64 Å². The van der Waals surface area contributed by atoms with Crippen molar-refractivity contribution in [2.24, 2.45) is 5.92 Å². The predicted octanol–water partition coefficient (Wildman–Crippen LogP) is 3.81. The number of amides is 1. The van der Waals surface area contributed by atoms with Crippen LogP contribution in [0.25, 0.3) is 11.4 Å². The Hall–Kier alpha value is -3.42.